The Labute approximate surface area is 112 Å². The van der Waals surface area contributed by atoms with Crippen molar-refractivity contribution in [2.24, 2.45) is 5.41 Å². The predicted molar refractivity (Wildman–Crippen MR) is 71.0 cm³/mol. The van der Waals surface area contributed by atoms with Crippen LogP contribution in [0.15, 0.2) is 34.9 Å². The molecule has 0 atom stereocenters. The van der Waals surface area contributed by atoms with Crippen molar-refractivity contribution in [1.29, 1.82) is 0 Å². The van der Waals surface area contributed by atoms with Crippen LogP contribution in [-0.4, -0.2) is 16.0 Å². The quantitative estimate of drug-likeness (QED) is 0.919. The molecule has 0 unspecified atom stereocenters. The molecule has 0 fully saturated rings. The first kappa shape index (κ1) is 13.3. The van der Waals surface area contributed by atoms with Gasteiger partial charge < -0.3 is 9.84 Å². The summed E-state index contributed by atoms with van der Waals surface area (Å²) >= 11 is 0. The summed E-state index contributed by atoms with van der Waals surface area (Å²) < 4.78 is 5.16. The molecule has 5 heteroatoms. The van der Waals surface area contributed by atoms with Crippen molar-refractivity contribution in [3.63, 3.8) is 0 Å². The molecule has 0 saturated heterocycles. The van der Waals surface area contributed by atoms with E-state index in [-0.39, 0.29) is 12.5 Å². The lowest BCUT2D eigenvalue weighted by Crippen LogP contribution is -2.34. The Morgan fingerprint density at radius 1 is 1.26 bits per heavy atom. The zero-order valence-corrected chi connectivity index (χ0v) is 11.3. The maximum atomic E-state index is 11.7. The van der Waals surface area contributed by atoms with Gasteiger partial charge in [0.05, 0.1) is 6.54 Å². The van der Waals surface area contributed by atoms with Gasteiger partial charge in [-0.3, -0.25) is 4.79 Å². The van der Waals surface area contributed by atoms with Crippen molar-refractivity contribution < 1.29 is 9.32 Å². The number of aromatic nitrogens is 2. The maximum absolute atomic E-state index is 11.7. The van der Waals surface area contributed by atoms with Crippen LogP contribution in [0.5, 0.6) is 0 Å². The third kappa shape index (κ3) is 3.40. The van der Waals surface area contributed by atoms with Crippen LogP contribution < -0.4 is 5.32 Å². The summed E-state index contributed by atoms with van der Waals surface area (Å²) in [5, 5.41) is 6.63. The highest BCUT2D eigenvalue weighted by molar-refractivity contribution is 5.81. The Bertz CT molecular complexity index is 556. The van der Waals surface area contributed by atoms with Crippen molar-refractivity contribution in [1.82, 2.24) is 15.5 Å². The first-order chi connectivity index (χ1) is 8.97. The number of hydrogen-bond acceptors (Lipinski definition) is 4. The molecule has 1 N–H and O–H groups in total. The Hall–Kier alpha value is -2.17. The van der Waals surface area contributed by atoms with E-state index in [0.717, 1.165) is 5.56 Å². The van der Waals surface area contributed by atoms with Crippen LogP contribution >= 0.6 is 0 Å². The van der Waals surface area contributed by atoms with E-state index in [0.29, 0.717) is 11.7 Å². The van der Waals surface area contributed by atoms with E-state index in [1.165, 1.54) is 0 Å². The van der Waals surface area contributed by atoms with Crippen LogP contribution in [0.2, 0.25) is 0 Å². The fourth-order valence-corrected chi connectivity index (χ4v) is 1.45. The molecule has 2 aromatic rings. The highest BCUT2D eigenvalue weighted by atomic mass is 16.5. The van der Waals surface area contributed by atoms with Crippen molar-refractivity contribution >= 4 is 5.91 Å². The lowest BCUT2D eigenvalue weighted by Gasteiger charge is -2.16. The molecular formula is C14H17N3O2. The van der Waals surface area contributed by atoms with Crippen LogP contribution in [0.3, 0.4) is 0 Å². The molecule has 1 aromatic carbocycles. The molecule has 5 nitrogen and oxygen atoms in total. The normalized spacial score (nSPS) is 11.3. The van der Waals surface area contributed by atoms with Gasteiger partial charge in [-0.25, -0.2) is 0 Å². The summed E-state index contributed by atoms with van der Waals surface area (Å²) in [6, 6.07) is 9.52. The van der Waals surface area contributed by atoms with E-state index in [2.05, 4.69) is 15.5 Å². The monoisotopic (exact) mass is 259 g/mol. The molecule has 1 heterocycles. The molecule has 0 saturated carbocycles. The van der Waals surface area contributed by atoms with Crippen molar-refractivity contribution in [2.45, 2.75) is 27.3 Å². The molecular weight excluding hydrogens is 242 g/mol. The average Bonchev–Trinajstić information content (AvgIpc) is 2.84. The van der Waals surface area contributed by atoms with Gasteiger partial charge in [-0.2, -0.15) is 4.98 Å². The largest absolute Gasteiger partial charge is 0.348 e. The van der Waals surface area contributed by atoms with Gasteiger partial charge in [0.25, 0.3) is 5.89 Å². The first-order valence-corrected chi connectivity index (χ1v) is 6.13. The SMILES string of the molecule is CC(C)(C)C(=O)NCc1noc(-c2ccccc2)n1. The second-order valence-electron chi connectivity index (χ2n) is 5.31. The summed E-state index contributed by atoms with van der Waals surface area (Å²) in [6.07, 6.45) is 0. The van der Waals surface area contributed by atoms with Gasteiger partial charge in [-0.1, -0.05) is 44.1 Å². The molecule has 1 amide bonds. The number of amides is 1. The van der Waals surface area contributed by atoms with Crippen LogP contribution in [0.1, 0.15) is 26.6 Å². The van der Waals surface area contributed by atoms with E-state index < -0.39 is 5.41 Å². The third-order valence-corrected chi connectivity index (χ3v) is 2.58. The summed E-state index contributed by atoms with van der Waals surface area (Å²) in [6.45, 7) is 5.84. The topological polar surface area (TPSA) is 68.0 Å². The minimum atomic E-state index is -0.425. The van der Waals surface area contributed by atoms with Crippen molar-refractivity contribution in [3.8, 4) is 11.5 Å². The Morgan fingerprint density at radius 3 is 2.58 bits per heavy atom. The van der Waals surface area contributed by atoms with E-state index in [1.54, 1.807) is 0 Å². The number of carbonyl (C=O) groups is 1. The molecule has 0 aliphatic carbocycles. The number of nitrogens with one attached hydrogen (secondary N) is 1. The van der Waals surface area contributed by atoms with Gasteiger partial charge in [-0.05, 0) is 12.1 Å². The molecule has 19 heavy (non-hydrogen) atoms. The lowest BCUT2D eigenvalue weighted by atomic mass is 9.96. The molecule has 0 aliphatic rings. The lowest BCUT2D eigenvalue weighted by molar-refractivity contribution is -0.128. The summed E-state index contributed by atoms with van der Waals surface area (Å²) in [5.41, 5.74) is 0.440. The van der Waals surface area contributed by atoms with E-state index in [4.69, 9.17) is 4.52 Å². The second-order valence-corrected chi connectivity index (χ2v) is 5.31. The maximum Gasteiger partial charge on any atom is 0.257 e. The van der Waals surface area contributed by atoms with Crippen molar-refractivity contribution in [3.05, 3.63) is 36.2 Å². The van der Waals surface area contributed by atoms with Crippen LogP contribution in [0.4, 0.5) is 0 Å². The standard InChI is InChI=1S/C14H17N3O2/c1-14(2,3)13(18)15-9-11-16-12(19-17-11)10-7-5-4-6-8-10/h4-8H,9H2,1-3H3,(H,15,18). The molecule has 100 valence electrons. The Kier molecular flexibility index (Phi) is 3.64. The molecule has 2 rings (SSSR count). The minimum absolute atomic E-state index is 0.0430. The van der Waals surface area contributed by atoms with Gasteiger partial charge in [-0.15, -0.1) is 0 Å². The van der Waals surface area contributed by atoms with Crippen molar-refractivity contribution in [2.75, 3.05) is 0 Å². The average molecular weight is 259 g/mol. The van der Waals surface area contributed by atoms with Gasteiger partial charge in [0.2, 0.25) is 5.91 Å². The van der Waals surface area contributed by atoms with Crippen LogP contribution in [0.25, 0.3) is 11.5 Å². The summed E-state index contributed by atoms with van der Waals surface area (Å²) in [4.78, 5) is 16.0. The fourth-order valence-electron chi connectivity index (χ4n) is 1.45. The van der Waals surface area contributed by atoms with Gasteiger partial charge >= 0.3 is 0 Å². The smallest absolute Gasteiger partial charge is 0.257 e. The van der Waals surface area contributed by atoms with Gasteiger partial charge in [0.15, 0.2) is 5.82 Å². The minimum Gasteiger partial charge on any atom is -0.348 e. The molecule has 1 aromatic heterocycles. The molecule has 0 radical (unpaired) electrons. The Balaban J connectivity index is 2.01. The number of carbonyl (C=O) groups excluding carboxylic acids is 1. The third-order valence-electron chi connectivity index (χ3n) is 2.58. The molecule has 0 aliphatic heterocycles. The number of benzene rings is 1. The van der Waals surface area contributed by atoms with Crippen LogP contribution in [0, 0.1) is 5.41 Å². The Morgan fingerprint density at radius 2 is 1.95 bits per heavy atom. The van der Waals surface area contributed by atoms with Gasteiger partial charge in [0.1, 0.15) is 0 Å². The summed E-state index contributed by atoms with van der Waals surface area (Å²) in [7, 11) is 0. The van der Waals surface area contributed by atoms with Gasteiger partial charge in [0, 0.05) is 11.0 Å². The molecule has 0 spiro atoms. The molecule has 0 bridgehead atoms. The van der Waals surface area contributed by atoms with E-state index >= 15 is 0 Å². The number of rotatable bonds is 3. The van der Waals surface area contributed by atoms with E-state index in [1.807, 2.05) is 51.1 Å². The zero-order valence-electron chi connectivity index (χ0n) is 11.3. The zero-order chi connectivity index (χ0) is 13.9. The highest BCUT2D eigenvalue weighted by Crippen LogP contribution is 2.16. The second kappa shape index (κ2) is 5.22. The number of hydrogen-bond donors (Lipinski definition) is 1. The van der Waals surface area contributed by atoms with E-state index in [9.17, 15) is 4.79 Å². The fraction of sp³-hybridized carbons (Fsp3) is 0.357. The first-order valence-electron chi connectivity index (χ1n) is 6.13. The summed E-state index contributed by atoms with van der Waals surface area (Å²) in [5.74, 6) is 0.885. The predicted octanol–water partition coefficient (Wildman–Crippen LogP) is 2.40. The number of nitrogens with zero attached hydrogens (tertiary/aromatic N) is 2. The van der Waals surface area contributed by atoms with Crippen LogP contribution in [-0.2, 0) is 11.3 Å². The highest BCUT2D eigenvalue weighted by Gasteiger charge is 2.21.